The molecule has 0 spiro atoms. The highest BCUT2D eigenvalue weighted by Crippen LogP contribution is 2.24. The lowest BCUT2D eigenvalue weighted by Gasteiger charge is -2.10. The molecule has 0 N–H and O–H groups in total. The van der Waals surface area contributed by atoms with Crippen molar-refractivity contribution < 1.29 is 9.53 Å². The highest BCUT2D eigenvalue weighted by atomic mass is 35.5. The Kier molecular flexibility index (Phi) is 5.43. The molecule has 0 radical (unpaired) electrons. The zero-order valence-electron chi connectivity index (χ0n) is 15.1. The largest absolute Gasteiger partial charge is 0.457 e. The average molecular weight is 369 g/mol. The van der Waals surface area contributed by atoms with E-state index in [1.807, 2.05) is 54.9 Å². The first-order valence-corrected chi connectivity index (χ1v) is 8.95. The van der Waals surface area contributed by atoms with E-state index in [1.54, 1.807) is 12.1 Å². The average Bonchev–Trinajstić information content (AvgIpc) is 2.94. The summed E-state index contributed by atoms with van der Waals surface area (Å²) >= 11 is 6.23. The molecule has 0 aliphatic rings. The Balaban J connectivity index is 1.87. The minimum Gasteiger partial charge on any atom is -0.457 e. The molecule has 4 nitrogen and oxygen atoms in total. The molecule has 0 unspecified atom stereocenters. The Hall–Kier alpha value is -2.59. The minimum atomic E-state index is -0.446. The Morgan fingerprint density at radius 2 is 1.88 bits per heavy atom. The molecule has 0 aliphatic carbocycles. The molecule has 0 atom stereocenters. The van der Waals surface area contributed by atoms with Crippen molar-refractivity contribution in [2.45, 2.75) is 33.8 Å². The topological polar surface area (TPSA) is 44.1 Å². The molecule has 0 aliphatic heterocycles. The lowest BCUT2D eigenvalue weighted by Crippen LogP contribution is -2.08. The molecular weight excluding hydrogens is 348 g/mol. The molecule has 2 aromatic carbocycles. The number of ether oxygens (including phenoxy) is 1. The van der Waals surface area contributed by atoms with E-state index in [0.29, 0.717) is 10.6 Å². The highest BCUT2D eigenvalue weighted by molar-refractivity contribution is 6.33. The van der Waals surface area contributed by atoms with Crippen molar-refractivity contribution in [3.05, 3.63) is 81.6 Å². The quantitative estimate of drug-likeness (QED) is 0.591. The normalized spacial score (nSPS) is 10.8. The van der Waals surface area contributed by atoms with Gasteiger partial charge in [0.1, 0.15) is 6.61 Å². The lowest BCUT2D eigenvalue weighted by atomic mass is 10.1. The summed E-state index contributed by atoms with van der Waals surface area (Å²) in [6.45, 7) is 6.34. The fourth-order valence-corrected chi connectivity index (χ4v) is 3.24. The van der Waals surface area contributed by atoms with E-state index in [9.17, 15) is 4.79 Å². The number of hydrogen-bond acceptors (Lipinski definition) is 3. The van der Waals surface area contributed by atoms with Crippen LogP contribution in [0.4, 0.5) is 0 Å². The van der Waals surface area contributed by atoms with Gasteiger partial charge in [0.15, 0.2) is 0 Å². The monoisotopic (exact) mass is 368 g/mol. The summed E-state index contributed by atoms with van der Waals surface area (Å²) in [6, 6.07) is 14.9. The van der Waals surface area contributed by atoms with Crippen molar-refractivity contribution in [2.24, 2.45) is 0 Å². The zero-order valence-corrected chi connectivity index (χ0v) is 15.9. The van der Waals surface area contributed by atoms with Gasteiger partial charge in [-0.2, -0.15) is 5.10 Å². The molecule has 0 fully saturated rings. The number of esters is 1. The van der Waals surface area contributed by atoms with Gasteiger partial charge < -0.3 is 4.74 Å². The molecule has 0 saturated carbocycles. The number of hydrogen-bond donors (Lipinski definition) is 0. The molecule has 3 aromatic rings. The van der Waals surface area contributed by atoms with Crippen LogP contribution < -0.4 is 0 Å². The number of nitrogens with zero attached hydrogens (tertiary/aromatic N) is 2. The van der Waals surface area contributed by atoms with Gasteiger partial charge in [-0.25, -0.2) is 9.48 Å². The predicted octanol–water partition coefficient (Wildman–Crippen LogP) is 5.06. The number of carbonyl (C=O) groups is 1. The van der Waals surface area contributed by atoms with Crippen LogP contribution >= 0.6 is 11.6 Å². The standard InChI is InChI=1S/C21H21ClN2O2/c1-4-18-14(2)23-24(15(18)3)17-10-11-20(22)19(12-17)21(25)26-13-16-8-6-5-7-9-16/h5-12H,4,13H2,1-3H3. The second-order valence-corrected chi connectivity index (χ2v) is 6.55. The van der Waals surface area contributed by atoms with E-state index in [0.717, 1.165) is 29.1 Å². The Morgan fingerprint density at radius 3 is 2.54 bits per heavy atom. The molecule has 134 valence electrons. The van der Waals surface area contributed by atoms with Crippen molar-refractivity contribution in [3.63, 3.8) is 0 Å². The van der Waals surface area contributed by atoms with Gasteiger partial charge in [0.2, 0.25) is 0 Å². The van der Waals surface area contributed by atoms with E-state index in [1.165, 1.54) is 5.56 Å². The third-order valence-electron chi connectivity index (χ3n) is 4.42. The van der Waals surface area contributed by atoms with Crippen LogP contribution in [-0.4, -0.2) is 15.7 Å². The Bertz CT molecular complexity index is 933. The van der Waals surface area contributed by atoms with Crippen molar-refractivity contribution >= 4 is 17.6 Å². The molecule has 0 saturated heterocycles. The summed E-state index contributed by atoms with van der Waals surface area (Å²) in [5.74, 6) is -0.446. The summed E-state index contributed by atoms with van der Waals surface area (Å²) in [7, 11) is 0. The second-order valence-electron chi connectivity index (χ2n) is 6.14. The molecule has 26 heavy (non-hydrogen) atoms. The Morgan fingerprint density at radius 1 is 1.15 bits per heavy atom. The van der Waals surface area contributed by atoms with Crippen molar-refractivity contribution in [2.75, 3.05) is 0 Å². The molecule has 1 heterocycles. The van der Waals surface area contributed by atoms with Crippen molar-refractivity contribution in [3.8, 4) is 5.69 Å². The molecule has 1 aromatic heterocycles. The first-order valence-electron chi connectivity index (χ1n) is 8.57. The van der Waals surface area contributed by atoms with Gasteiger partial charge in [-0.15, -0.1) is 0 Å². The van der Waals surface area contributed by atoms with Gasteiger partial charge in [0, 0.05) is 5.69 Å². The van der Waals surface area contributed by atoms with Crippen LogP contribution in [0.2, 0.25) is 5.02 Å². The van der Waals surface area contributed by atoms with Gasteiger partial charge in [0.05, 0.1) is 22.0 Å². The number of halogens is 1. The lowest BCUT2D eigenvalue weighted by molar-refractivity contribution is 0.0473. The molecule has 5 heteroatoms. The van der Waals surface area contributed by atoms with Gasteiger partial charge in [-0.3, -0.25) is 0 Å². The first kappa shape index (κ1) is 18.2. The summed E-state index contributed by atoms with van der Waals surface area (Å²) in [5.41, 5.74) is 5.34. The predicted molar refractivity (Wildman–Crippen MR) is 103 cm³/mol. The maximum atomic E-state index is 12.5. The van der Waals surface area contributed by atoms with Gasteiger partial charge in [-0.05, 0) is 49.6 Å². The number of aryl methyl sites for hydroxylation is 1. The molecule has 3 rings (SSSR count). The number of carbonyl (C=O) groups excluding carboxylic acids is 1. The third-order valence-corrected chi connectivity index (χ3v) is 4.75. The number of aromatic nitrogens is 2. The number of benzene rings is 2. The van der Waals surface area contributed by atoms with Crippen LogP contribution in [0.3, 0.4) is 0 Å². The fourth-order valence-electron chi connectivity index (χ4n) is 3.04. The fraction of sp³-hybridized carbons (Fsp3) is 0.238. The summed E-state index contributed by atoms with van der Waals surface area (Å²) in [5, 5.41) is 4.96. The molecule has 0 amide bonds. The van der Waals surface area contributed by atoms with Crippen LogP contribution in [0.1, 0.15) is 39.8 Å². The van der Waals surface area contributed by atoms with E-state index in [-0.39, 0.29) is 6.61 Å². The SMILES string of the molecule is CCc1c(C)nn(-c2ccc(Cl)c(C(=O)OCc3ccccc3)c2)c1C. The van der Waals surface area contributed by atoms with Crippen LogP contribution in [0.15, 0.2) is 48.5 Å². The second kappa shape index (κ2) is 7.75. The summed E-state index contributed by atoms with van der Waals surface area (Å²) in [4.78, 5) is 12.5. The van der Waals surface area contributed by atoms with E-state index < -0.39 is 5.97 Å². The number of rotatable bonds is 5. The summed E-state index contributed by atoms with van der Waals surface area (Å²) < 4.78 is 7.26. The van der Waals surface area contributed by atoms with E-state index in [2.05, 4.69) is 12.0 Å². The zero-order chi connectivity index (χ0) is 18.7. The van der Waals surface area contributed by atoms with Crippen LogP contribution in [-0.2, 0) is 17.8 Å². The maximum Gasteiger partial charge on any atom is 0.340 e. The Labute approximate surface area is 158 Å². The smallest absolute Gasteiger partial charge is 0.340 e. The van der Waals surface area contributed by atoms with E-state index in [4.69, 9.17) is 16.3 Å². The summed E-state index contributed by atoms with van der Waals surface area (Å²) in [6.07, 6.45) is 0.914. The van der Waals surface area contributed by atoms with Gasteiger partial charge in [0.25, 0.3) is 0 Å². The van der Waals surface area contributed by atoms with E-state index >= 15 is 0 Å². The maximum absolute atomic E-state index is 12.5. The van der Waals surface area contributed by atoms with Gasteiger partial charge in [-0.1, -0.05) is 48.9 Å². The first-order chi connectivity index (χ1) is 12.5. The molecule has 0 bridgehead atoms. The minimum absolute atomic E-state index is 0.208. The van der Waals surface area contributed by atoms with Crippen LogP contribution in [0.5, 0.6) is 0 Å². The van der Waals surface area contributed by atoms with Crippen LogP contribution in [0.25, 0.3) is 5.69 Å². The molecular formula is C21H21ClN2O2. The van der Waals surface area contributed by atoms with Crippen molar-refractivity contribution in [1.82, 2.24) is 9.78 Å². The van der Waals surface area contributed by atoms with Crippen molar-refractivity contribution in [1.29, 1.82) is 0 Å². The third kappa shape index (κ3) is 3.65. The van der Waals surface area contributed by atoms with Crippen LogP contribution in [0, 0.1) is 13.8 Å². The van der Waals surface area contributed by atoms with Gasteiger partial charge >= 0.3 is 5.97 Å². The highest BCUT2D eigenvalue weighted by Gasteiger charge is 2.16.